The maximum absolute atomic E-state index is 12.6. The lowest BCUT2D eigenvalue weighted by Gasteiger charge is -2.34. The third-order valence-electron chi connectivity index (χ3n) is 4.76. The van der Waals surface area contributed by atoms with Crippen molar-refractivity contribution in [3.05, 3.63) is 71.8 Å². The number of carbonyl (C=O) groups is 2. The summed E-state index contributed by atoms with van der Waals surface area (Å²) in [7, 11) is 0. The molecule has 7 heteroatoms. The normalized spacial score (nSPS) is 12.4. The first kappa shape index (κ1) is 23.0. The Morgan fingerprint density at radius 2 is 1.73 bits per heavy atom. The number of benzene rings is 2. The van der Waals surface area contributed by atoms with E-state index in [9.17, 15) is 14.7 Å². The number of hydrogen-bond donors (Lipinski definition) is 4. The Bertz CT molecular complexity index is 873. The molecule has 0 heterocycles. The average molecular weight is 412 g/mol. The molecule has 160 valence electrons. The van der Waals surface area contributed by atoms with E-state index in [-0.39, 0.29) is 5.75 Å². The highest BCUT2D eigenvalue weighted by molar-refractivity contribution is 5.86. The number of phenolic OH excluding ortho intramolecular Hbond substituents is 1. The van der Waals surface area contributed by atoms with Gasteiger partial charge in [0.25, 0.3) is 5.91 Å². The van der Waals surface area contributed by atoms with Gasteiger partial charge in [-0.15, -0.1) is 0 Å². The molecule has 0 aliphatic rings. The SMILES string of the molecule is Cc1ccc(NC(=O)O[C@@H](c2ccc(O)cc2)C(C)(C)CC/C=C/C(=O)NO)cc1. The molecular weight excluding hydrogens is 384 g/mol. The second kappa shape index (κ2) is 10.5. The molecule has 0 aliphatic carbocycles. The number of nitrogens with one attached hydrogen (secondary N) is 2. The van der Waals surface area contributed by atoms with Crippen molar-refractivity contribution in [2.24, 2.45) is 5.41 Å². The fourth-order valence-corrected chi connectivity index (χ4v) is 3.03. The van der Waals surface area contributed by atoms with Gasteiger partial charge >= 0.3 is 6.09 Å². The van der Waals surface area contributed by atoms with Crippen molar-refractivity contribution in [1.29, 1.82) is 0 Å². The van der Waals surface area contributed by atoms with E-state index in [1.54, 1.807) is 48.0 Å². The highest BCUT2D eigenvalue weighted by Gasteiger charge is 2.33. The van der Waals surface area contributed by atoms with E-state index >= 15 is 0 Å². The molecule has 2 aromatic rings. The third-order valence-corrected chi connectivity index (χ3v) is 4.76. The number of ether oxygens (including phenoxy) is 1. The lowest BCUT2D eigenvalue weighted by molar-refractivity contribution is -0.124. The van der Waals surface area contributed by atoms with E-state index in [1.807, 2.05) is 32.9 Å². The standard InChI is InChI=1S/C23H28N2O5/c1-16-7-11-18(12-8-16)24-22(28)30-21(17-9-13-19(26)14-10-17)23(2,3)15-5-4-6-20(27)25-29/h4,6-14,21,26,29H,5,15H2,1-3H3,(H,24,28)(H,25,27)/b6-4+/t21-/m0/s1. The van der Waals surface area contributed by atoms with Crippen LogP contribution in [0.3, 0.4) is 0 Å². The Balaban J connectivity index is 2.15. The second-order valence-electron chi connectivity index (χ2n) is 7.77. The minimum Gasteiger partial charge on any atom is -0.508 e. The number of aryl methyl sites for hydroxylation is 1. The topological polar surface area (TPSA) is 108 Å². The van der Waals surface area contributed by atoms with Crippen LogP contribution in [0.5, 0.6) is 5.75 Å². The highest BCUT2D eigenvalue weighted by atomic mass is 16.6. The van der Waals surface area contributed by atoms with Crippen molar-refractivity contribution in [3.8, 4) is 5.75 Å². The number of phenols is 1. The van der Waals surface area contributed by atoms with Crippen LogP contribution in [0.4, 0.5) is 10.5 Å². The van der Waals surface area contributed by atoms with Gasteiger partial charge in [0.15, 0.2) is 0 Å². The Kier molecular flexibility index (Phi) is 8.00. The van der Waals surface area contributed by atoms with E-state index in [1.165, 1.54) is 6.08 Å². The van der Waals surface area contributed by atoms with Gasteiger partial charge in [0.05, 0.1) is 0 Å². The number of anilines is 1. The van der Waals surface area contributed by atoms with Gasteiger partial charge in [-0.2, -0.15) is 0 Å². The van der Waals surface area contributed by atoms with Crippen molar-refractivity contribution in [1.82, 2.24) is 5.48 Å². The first-order valence-corrected chi connectivity index (χ1v) is 9.65. The predicted molar refractivity (Wildman–Crippen MR) is 114 cm³/mol. The lowest BCUT2D eigenvalue weighted by atomic mass is 9.78. The molecule has 0 aliphatic heterocycles. The molecule has 0 radical (unpaired) electrons. The fourth-order valence-electron chi connectivity index (χ4n) is 3.03. The van der Waals surface area contributed by atoms with Gasteiger partial charge in [-0.1, -0.05) is 49.8 Å². The monoisotopic (exact) mass is 412 g/mol. The highest BCUT2D eigenvalue weighted by Crippen LogP contribution is 2.41. The smallest absolute Gasteiger partial charge is 0.412 e. The summed E-state index contributed by atoms with van der Waals surface area (Å²) in [5.41, 5.74) is 3.52. The molecule has 4 N–H and O–H groups in total. The van der Waals surface area contributed by atoms with Crippen LogP contribution in [-0.4, -0.2) is 22.3 Å². The molecule has 0 bridgehead atoms. The van der Waals surface area contributed by atoms with Crippen LogP contribution in [0.2, 0.25) is 0 Å². The molecule has 0 aromatic heterocycles. The van der Waals surface area contributed by atoms with Gasteiger partial charge in [0.2, 0.25) is 0 Å². The van der Waals surface area contributed by atoms with Crippen LogP contribution in [0.1, 0.15) is 43.9 Å². The van der Waals surface area contributed by atoms with E-state index in [2.05, 4.69) is 5.32 Å². The van der Waals surface area contributed by atoms with E-state index in [4.69, 9.17) is 9.94 Å². The van der Waals surface area contributed by atoms with Gasteiger partial charge < -0.3 is 9.84 Å². The molecule has 0 saturated heterocycles. The third kappa shape index (κ3) is 6.93. The van der Waals surface area contributed by atoms with Crippen molar-refractivity contribution >= 4 is 17.7 Å². The summed E-state index contributed by atoms with van der Waals surface area (Å²) in [4.78, 5) is 23.7. The van der Waals surface area contributed by atoms with Crippen LogP contribution in [0, 0.1) is 12.3 Å². The van der Waals surface area contributed by atoms with Crippen LogP contribution in [0.25, 0.3) is 0 Å². The van der Waals surface area contributed by atoms with Crippen LogP contribution in [0.15, 0.2) is 60.7 Å². The predicted octanol–water partition coefficient (Wildman–Crippen LogP) is 4.86. The number of rotatable bonds is 8. The van der Waals surface area contributed by atoms with E-state index < -0.39 is 23.5 Å². The quantitative estimate of drug-likeness (QED) is 0.281. The maximum Gasteiger partial charge on any atom is 0.412 e. The molecule has 0 unspecified atom stereocenters. The molecular formula is C23H28N2O5. The Labute approximate surface area is 176 Å². The van der Waals surface area contributed by atoms with Crippen molar-refractivity contribution in [3.63, 3.8) is 0 Å². The number of hydroxylamine groups is 1. The first-order chi connectivity index (χ1) is 14.2. The summed E-state index contributed by atoms with van der Waals surface area (Å²) in [6, 6.07) is 13.9. The van der Waals surface area contributed by atoms with Gasteiger partial charge in [0.1, 0.15) is 11.9 Å². The van der Waals surface area contributed by atoms with Crippen LogP contribution >= 0.6 is 0 Å². The summed E-state index contributed by atoms with van der Waals surface area (Å²) in [6.45, 7) is 5.89. The van der Waals surface area contributed by atoms with Crippen LogP contribution in [-0.2, 0) is 9.53 Å². The van der Waals surface area contributed by atoms with Gasteiger partial charge in [-0.25, -0.2) is 10.3 Å². The van der Waals surface area contributed by atoms with Crippen molar-refractivity contribution in [2.45, 2.75) is 39.7 Å². The Morgan fingerprint density at radius 3 is 2.33 bits per heavy atom. The lowest BCUT2D eigenvalue weighted by Crippen LogP contribution is -2.29. The zero-order chi connectivity index (χ0) is 22.1. The Morgan fingerprint density at radius 1 is 1.10 bits per heavy atom. The summed E-state index contributed by atoms with van der Waals surface area (Å²) in [6.07, 6.45) is 2.86. The molecule has 2 aromatic carbocycles. The molecule has 30 heavy (non-hydrogen) atoms. The van der Waals surface area contributed by atoms with Crippen molar-refractivity contribution < 1.29 is 24.6 Å². The molecule has 0 spiro atoms. The summed E-state index contributed by atoms with van der Waals surface area (Å²) in [5, 5.41) is 20.9. The summed E-state index contributed by atoms with van der Waals surface area (Å²) < 4.78 is 5.80. The van der Waals surface area contributed by atoms with Crippen molar-refractivity contribution in [2.75, 3.05) is 5.32 Å². The zero-order valence-electron chi connectivity index (χ0n) is 17.4. The Hall–Kier alpha value is -3.32. The number of amides is 2. The first-order valence-electron chi connectivity index (χ1n) is 9.65. The average Bonchev–Trinajstić information content (AvgIpc) is 2.71. The zero-order valence-corrected chi connectivity index (χ0v) is 17.4. The van der Waals surface area contributed by atoms with Gasteiger partial charge in [-0.3, -0.25) is 15.3 Å². The molecule has 0 saturated carbocycles. The molecule has 0 fully saturated rings. The summed E-state index contributed by atoms with van der Waals surface area (Å²) in [5.74, 6) is -0.478. The summed E-state index contributed by atoms with van der Waals surface area (Å²) >= 11 is 0. The van der Waals surface area contributed by atoms with Crippen LogP contribution < -0.4 is 10.8 Å². The molecule has 2 amide bonds. The van der Waals surface area contributed by atoms with E-state index in [0.717, 1.165) is 11.1 Å². The maximum atomic E-state index is 12.6. The van der Waals surface area contributed by atoms with Gasteiger partial charge in [-0.05, 0) is 49.6 Å². The second-order valence-corrected chi connectivity index (χ2v) is 7.77. The largest absolute Gasteiger partial charge is 0.508 e. The fraction of sp³-hybridized carbons (Fsp3) is 0.304. The minimum absolute atomic E-state index is 0.123. The minimum atomic E-state index is -0.600. The number of allylic oxidation sites excluding steroid dienone is 1. The number of hydrogen-bond acceptors (Lipinski definition) is 5. The molecule has 1 atom stereocenters. The molecule has 7 nitrogen and oxygen atoms in total. The number of aromatic hydroxyl groups is 1. The van der Waals surface area contributed by atoms with Gasteiger partial charge in [0, 0.05) is 17.2 Å². The number of carbonyl (C=O) groups excluding carboxylic acids is 2. The molecule has 2 rings (SSSR count). The van der Waals surface area contributed by atoms with E-state index in [0.29, 0.717) is 18.5 Å².